The monoisotopic (exact) mass is 388 g/mol. The van der Waals surface area contributed by atoms with E-state index in [2.05, 4.69) is 61.9 Å². The molecule has 0 heterocycles. The Labute approximate surface area is 133 Å². The van der Waals surface area contributed by atoms with Crippen LogP contribution in [-0.2, 0) is 0 Å². The van der Waals surface area contributed by atoms with Gasteiger partial charge in [0.25, 0.3) is 0 Å². The molecule has 1 aromatic rings. The van der Waals surface area contributed by atoms with Crippen LogP contribution in [0.3, 0.4) is 0 Å². The minimum absolute atomic E-state index is 0.331. The predicted octanol–water partition coefficient (Wildman–Crippen LogP) is 4.48. The average molecular weight is 390 g/mol. The number of hydrogen-bond donors (Lipinski definition) is 1. The van der Waals surface area contributed by atoms with E-state index in [9.17, 15) is 0 Å². The lowest BCUT2D eigenvalue weighted by molar-refractivity contribution is 0.147. The second-order valence-electron chi connectivity index (χ2n) is 5.19. The lowest BCUT2D eigenvalue weighted by atomic mass is 10.0. The molecular formula is C15H22Br2N2. The fraction of sp³-hybridized carbons (Fsp3) is 0.600. The van der Waals surface area contributed by atoms with Gasteiger partial charge in [-0.2, -0.15) is 0 Å². The van der Waals surface area contributed by atoms with Crippen molar-refractivity contribution >= 4 is 31.9 Å². The average Bonchev–Trinajstić information content (AvgIpc) is 2.93. The molecule has 0 radical (unpaired) electrons. The molecule has 1 aromatic carbocycles. The fourth-order valence-electron chi connectivity index (χ4n) is 3.15. The van der Waals surface area contributed by atoms with Crippen molar-refractivity contribution in [2.75, 3.05) is 13.1 Å². The molecule has 1 atom stereocenters. The summed E-state index contributed by atoms with van der Waals surface area (Å²) in [5.74, 6) is 0. The van der Waals surface area contributed by atoms with E-state index in [1.54, 1.807) is 0 Å². The largest absolute Gasteiger partial charge is 0.329 e. The van der Waals surface area contributed by atoms with E-state index in [-0.39, 0.29) is 0 Å². The van der Waals surface area contributed by atoms with Gasteiger partial charge in [0.05, 0.1) is 0 Å². The second-order valence-corrected chi connectivity index (χ2v) is 6.90. The quantitative estimate of drug-likeness (QED) is 0.804. The maximum Gasteiger partial charge on any atom is 0.0473 e. The highest BCUT2D eigenvalue weighted by atomic mass is 79.9. The Bertz CT molecular complexity index is 417. The zero-order chi connectivity index (χ0) is 13.8. The Morgan fingerprint density at radius 1 is 1.26 bits per heavy atom. The molecule has 2 rings (SSSR count). The summed E-state index contributed by atoms with van der Waals surface area (Å²) in [7, 11) is 0. The van der Waals surface area contributed by atoms with Crippen LogP contribution in [0.1, 0.15) is 44.2 Å². The maximum absolute atomic E-state index is 6.07. The van der Waals surface area contributed by atoms with Crippen LogP contribution in [0.2, 0.25) is 0 Å². The summed E-state index contributed by atoms with van der Waals surface area (Å²) in [6, 6.07) is 7.52. The smallest absolute Gasteiger partial charge is 0.0473 e. The lowest BCUT2D eigenvalue weighted by Crippen LogP contribution is -2.40. The highest BCUT2D eigenvalue weighted by molar-refractivity contribution is 9.13. The number of nitrogens with zero attached hydrogens (tertiary/aromatic N) is 1. The molecule has 0 bridgehead atoms. The summed E-state index contributed by atoms with van der Waals surface area (Å²) >= 11 is 7.12. The topological polar surface area (TPSA) is 29.3 Å². The van der Waals surface area contributed by atoms with Gasteiger partial charge in [-0.3, -0.25) is 4.90 Å². The summed E-state index contributed by atoms with van der Waals surface area (Å²) in [5, 5.41) is 0. The van der Waals surface area contributed by atoms with Crippen LogP contribution < -0.4 is 5.73 Å². The first kappa shape index (κ1) is 15.5. The van der Waals surface area contributed by atoms with E-state index in [1.165, 1.54) is 31.2 Å². The molecule has 0 spiro atoms. The molecule has 1 saturated carbocycles. The number of benzene rings is 1. The standard InChI is InChI=1S/C15H22Br2N2/c1-2-19(12-5-3-4-6-12)15(10-18)11-7-8-13(16)14(17)9-11/h7-9,12,15H,2-6,10,18H2,1H3. The third-order valence-electron chi connectivity index (χ3n) is 4.11. The summed E-state index contributed by atoms with van der Waals surface area (Å²) in [5.41, 5.74) is 7.38. The molecule has 0 amide bonds. The predicted molar refractivity (Wildman–Crippen MR) is 88.3 cm³/mol. The Kier molecular flexibility index (Phi) is 5.87. The molecule has 0 saturated heterocycles. The van der Waals surface area contributed by atoms with Crippen molar-refractivity contribution in [1.29, 1.82) is 0 Å². The van der Waals surface area contributed by atoms with Gasteiger partial charge in [-0.05, 0) is 68.9 Å². The second kappa shape index (κ2) is 7.21. The number of nitrogens with two attached hydrogens (primary N) is 1. The van der Waals surface area contributed by atoms with Crippen molar-refractivity contribution in [2.24, 2.45) is 5.73 Å². The van der Waals surface area contributed by atoms with Crippen molar-refractivity contribution < 1.29 is 0 Å². The van der Waals surface area contributed by atoms with Gasteiger partial charge in [-0.25, -0.2) is 0 Å². The zero-order valence-electron chi connectivity index (χ0n) is 11.4. The van der Waals surface area contributed by atoms with Crippen molar-refractivity contribution in [3.05, 3.63) is 32.7 Å². The Morgan fingerprint density at radius 3 is 2.47 bits per heavy atom. The minimum atomic E-state index is 0.331. The van der Waals surface area contributed by atoms with Gasteiger partial charge in [-0.15, -0.1) is 0 Å². The zero-order valence-corrected chi connectivity index (χ0v) is 14.6. The highest BCUT2D eigenvalue weighted by Gasteiger charge is 2.27. The first-order chi connectivity index (χ1) is 9.17. The van der Waals surface area contributed by atoms with Gasteiger partial charge in [0.1, 0.15) is 0 Å². The van der Waals surface area contributed by atoms with Crippen LogP contribution >= 0.6 is 31.9 Å². The first-order valence-electron chi connectivity index (χ1n) is 7.08. The van der Waals surface area contributed by atoms with E-state index in [4.69, 9.17) is 5.73 Å². The SMILES string of the molecule is CCN(C1CCCC1)C(CN)c1ccc(Br)c(Br)c1. The Morgan fingerprint density at radius 2 is 1.95 bits per heavy atom. The van der Waals surface area contributed by atoms with E-state index in [0.29, 0.717) is 18.6 Å². The minimum Gasteiger partial charge on any atom is -0.329 e. The van der Waals surface area contributed by atoms with Crippen molar-refractivity contribution in [1.82, 2.24) is 4.90 Å². The van der Waals surface area contributed by atoms with E-state index in [1.807, 2.05) is 0 Å². The number of likely N-dealkylation sites (N-methyl/N-ethyl adjacent to an activating group) is 1. The number of hydrogen-bond acceptors (Lipinski definition) is 2. The molecule has 0 aliphatic heterocycles. The molecule has 4 heteroatoms. The fourth-order valence-corrected chi connectivity index (χ4v) is 3.79. The Balaban J connectivity index is 2.23. The molecule has 1 unspecified atom stereocenters. The van der Waals surface area contributed by atoms with Gasteiger partial charge in [0.2, 0.25) is 0 Å². The van der Waals surface area contributed by atoms with Crippen molar-refractivity contribution in [3.8, 4) is 0 Å². The molecule has 2 nitrogen and oxygen atoms in total. The third kappa shape index (κ3) is 3.60. The van der Waals surface area contributed by atoms with Crippen LogP contribution in [0.15, 0.2) is 27.1 Å². The number of rotatable bonds is 5. The highest BCUT2D eigenvalue weighted by Crippen LogP contribution is 2.33. The van der Waals surface area contributed by atoms with Gasteiger partial charge >= 0.3 is 0 Å². The van der Waals surface area contributed by atoms with Gasteiger partial charge in [-0.1, -0.05) is 25.8 Å². The third-order valence-corrected chi connectivity index (χ3v) is 5.99. The lowest BCUT2D eigenvalue weighted by Gasteiger charge is -2.35. The molecule has 0 aromatic heterocycles. The number of halogens is 2. The normalized spacial score (nSPS) is 18.2. The molecule has 1 aliphatic rings. The summed E-state index contributed by atoms with van der Waals surface area (Å²) < 4.78 is 2.20. The summed E-state index contributed by atoms with van der Waals surface area (Å²) in [6.45, 7) is 3.99. The van der Waals surface area contributed by atoms with Gasteiger partial charge < -0.3 is 5.73 Å². The summed E-state index contributed by atoms with van der Waals surface area (Å²) in [6.07, 6.45) is 5.37. The van der Waals surface area contributed by atoms with Crippen LogP contribution in [-0.4, -0.2) is 24.0 Å². The van der Waals surface area contributed by atoms with Crippen molar-refractivity contribution in [2.45, 2.75) is 44.7 Å². The molecule has 1 fully saturated rings. The molecule has 19 heavy (non-hydrogen) atoms. The molecular weight excluding hydrogens is 368 g/mol. The molecule has 106 valence electrons. The van der Waals surface area contributed by atoms with Crippen molar-refractivity contribution in [3.63, 3.8) is 0 Å². The van der Waals surface area contributed by atoms with Crippen LogP contribution in [0.5, 0.6) is 0 Å². The maximum atomic E-state index is 6.07. The van der Waals surface area contributed by atoms with E-state index in [0.717, 1.165) is 15.5 Å². The first-order valence-corrected chi connectivity index (χ1v) is 8.66. The van der Waals surface area contributed by atoms with Crippen LogP contribution in [0, 0.1) is 0 Å². The van der Waals surface area contributed by atoms with E-state index >= 15 is 0 Å². The molecule has 1 aliphatic carbocycles. The van der Waals surface area contributed by atoms with E-state index < -0.39 is 0 Å². The van der Waals surface area contributed by atoms with Crippen LogP contribution in [0.4, 0.5) is 0 Å². The molecule has 2 N–H and O–H groups in total. The van der Waals surface area contributed by atoms with Gasteiger partial charge in [0, 0.05) is 27.6 Å². The Hall–Kier alpha value is 0.1000. The van der Waals surface area contributed by atoms with Gasteiger partial charge in [0.15, 0.2) is 0 Å². The summed E-state index contributed by atoms with van der Waals surface area (Å²) in [4.78, 5) is 2.59. The van der Waals surface area contributed by atoms with Crippen LogP contribution in [0.25, 0.3) is 0 Å².